The van der Waals surface area contributed by atoms with Gasteiger partial charge in [0.25, 0.3) is 0 Å². The maximum Gasteiger partial charge on any atom is 0.490 e. The zero-order valence-corrected chi connectivity index (χ0v) is 23.5. The SMILES string of the molecule is COc1ccc(C(N)=O)cc1C(CC(=O)O)Cc1cc(OCCc2ccc3c(n2)NCCC3)n(C)n1.O=C(O)C(F)(F)F. The number of hydrogen-bond donors (Lipinski definition) is 4. The van der Waals surface area contributed by atoms with Gasteiger partial charge in [-0.1, -0.05) is 6.07 Å². The number of aliphatic carboxylic acids is 2. The van der Waals surface area contributed by atoms with E-state index in [1.165, 1.54) is 12.7 Å². The Morgan fingerprint density at radius 3 is 2.49 bits per heavy atom. The molecule has 12 nitrogen and oxygen atoms in total. The van der Waals surface area contributed by atoms with Crippen LogP contribution in [0.3, 0.4) is 0 Å². The number of aryl methyl sites for hydroxylation is 2. The summed E-state index contributed by atoms with van der Waals surface area (Å²) in [5, 5.41) is 24.5. The zero-order chi connectivity index (χ0) is 31.7. The van der Waals surface area contributed by atoms with Gasteiger partial charge in [-0.25, -0.2) is 14.5 Å². The number of anilines is 1. The molecule has 1 aliphatic rings. The zero-order valence-electron chi connectivity index (χ0n) is 23.5. The average Bonchev–Trinajstić information content (AvgIpc) is 3.30. The summed E-state index contributed by atoms with van der Waals surface area (Å²) < 4.78 is 44.8. The van der Waals surface area contributed by atoms with Crippen molar-refractivity contribution in [2.45, 2.75) is 44.2 Å². The third-order valence-corrected chi connectivity index (χ3v) is 6.52. The van der Waals surface area contributed by atoms with Gasteiger partial charge in [0.1, 0.15) is 11.6 Å². The van der Waals surface area contributed by atoms with Crippen molar-refractivity contribution in [1.82, 2.24) is 14.8 Å². The van der Waals surface area contributed by atoms with Gasteiger partial charge in [-0.3, -0.25) is 9.59 Å². The molecule has 0 radical (unpaired) electrons. The molecule has 1 aromatic carbocycles. The predicted octanol–water partition coefficient (Wildman–Crippen LogP) is 3.34. The highest BCUT2D eigenvalue weighted by Gasteiger charge is 2.38. The minimum Gasteiger partial charge on any atom is -0.496 e. The molecule has 1 atom stereocenters. The second-order valence-electron chi connectivity index (χ2n) is 9.66. The molecule has 4 rings (SSSR count). The fourth-order valence-electron chi connectivity index (χ4n) is 4.47. The van der Waals surface area contributed by atoms with Crippen molar-refractivity contribution in [3.63, 3.8) is 0 Å². The van der Waals surface area contributed by atoms with Crippen molar-refractivity contribution in [2.75, 3.05) is 25.6 Å². The molecule has 2 aromatic heterocycles. The first-order valence-corrected chi connectivity index (χ1v) is 13.2. The number of halogens is 3. The molecule has 0 spiro atoms. The number of ether oxygens (including phenoxy) is 2. The van der Waals surface area contributed by atoms with E-state index < -0.39 is 29.9 Å². The lowest BCUT2D eigenvalue weighted by atomic mass is 9.89. The van der Waals surface area contributed by atoms with Gasteiger partial charge in [-0.15, -0.1) is 0 Å². The van der Waals surface area contributed by atoms with E-state index in [0.29, 0.717) is 42.3 Å². The van der Waals surface area contributed by atoms with Crippen molar-refractivity contribution in [3.05, 3.63) is 64.5 Å². The lowest BCUT2D eigenvalue weighted by Gasteiger charge is -2.18. The number of nitrogens with one attached hydrogen (secondary N) is 1. The first kappa shape index (κ1) is 32.7. The molecule has 3 aromatic rings. The Hall–Kier alpha value is -4.82. The predicted molar refractivity (Wildman–Crippen MR) is 147 cm³/mol. The van der Waals surface area contributed by atoms with Gasteiger partial charge >= 0.3 is 18.1 Å². The molecular weight excluding hydrogens is 575 g/mol. The van der Waals surface area contributed by atoms with Crippen molar-refractivity contribution >= 4 is 23.7 Å². The van der Waals surface area contributed by atoms with E-state index in [-0.39, 0.29) is 12.0 Å². The van der Waals surface area contributed by atoms with Crippen molar-refractivity contribution in [1.29, 1.82) is 0 Å². The third kappa shape index (κ3) is 9.34. The number of carbonyl (C=O) groups excluding carboxylic acids is 1. The molecule has 1 aliphatic heterocycles. The van der Waals surface area contributed by atoms with Crippen molar-refractivity contribution in [3.8, 4) is 11.6 Å². The van der Waals surface area contributed by atoms with E-state index >= 15 is 0 Å². The smallest absolute Gasteiger partial charge is 0.490 e. The second kappa shape index (κ2) is 14.4. The number of aromatic nitrogens is 3. The van der Waals surface area contributed by atoms with Crippen molar-refractivity contribution in [2.24, 2.45) is 12.8 Å². The number of methoxy groups -OCH3 is 1. The molecule has 43 heavy (non-hydrogen) atoms. The number of carboxylic acid groups (broad SMARTS) is 2. The van der Waals surface area contributed by atoms with Crippen LogP contribution < -0.4 is 20.5 Å². The largest absolute Gasteiger partial charge is 0.496 e. The van der Waals surface area contributed by atoms with E-state index in [1.807, 2.05) is 6.07 Å². The van der Waals surface area contributed by atoms with Gasteiger partial charge < -0.3 is 30.7 Å². The Balaban J connectivity index is 0.000000646. The number of amides is 1. The second-order valence-corrected chi connectivity index (χ2v) is 9.66. The molecule has 15 heteroatoms. The summed E-state index contributed by atoms with van der Waals surface area (Å²) in [6.45, 7) is 1.37. The molecule has 3 heterocycles. The Morgan fingerprint density at radius 2 is 1.86 bits per heavy atom. The highest BCUT2D eigenvalue weighted by molar-refractivity contribution is 5.93. The molecular formula is C28H32F3N5O7. The van der Waals surface area contributed by atoms with E-state index in [4.69, 9.17) is 30.1 Å². The normalized spacial score (nSPS) is 13.0. The van der Waals surface area contributed by atoms with Crippen LogP contribution in [0.1, 0.15) is 51.6 Å². The van der Waals surface area contributed by atoms with Crippen LogP contribution in [0, 0.1) is 0 Å². The summed E-state index contributed by atoms with van der Waals surface area (Å²) in [6, 6.07) is 10.7. The highest BCUT2D eigenvalue weighted by atomic mass is 19.4. The minimum absolute atomic E-state index is 0.163. The molecule has 0 aliphatic carbocycles. The molecule has 5 N–H and O–H groups in total. The van der Waals surface area contributed by atoms with Crippen molar-refractivity contribution < 1.29 is 47.2 Å². The van der Waals surface area contributed by atoms with Crippen LogP contribution >= 0.6 is 0 Å². The standard InChI is InChI=1S/C26H31N5O5.C2HF3O2/c1-31-23(36-11-9-19-7-5-16-4-3-10-28-26(16)29-19)15-20(30-31)12-18(14-24(32)33)21-13-17(25(27)34)6-8-22(21)35-2;3-2(4,5)1(6)7/h5-8,13,15,18H,3-4,9-12,14H2,1-2H3,(H2,27,34)(H,28,29)(H,32,33);(H,6,7). The van der Waals surface area contributed by atoms with E-state index in [2.05, 4.69) is 16.5 Å². The van der Waals surface area contributed by atoms with Gasteiger partial charge in [0, 0.05) is 43.3 Å². The molecule has 1 unspecified atom stereocenters. The summed E-state index contributed by atoms with van der Waals surface area (Å²) in [7, 11) is 3.28. The molecule has 232 valence electrons. The van der Waals surface area contributed by atoms with Gasteiger partial charge in [-0.05, 0) is 54.7 Å². The average molecular weight is 608 g/mol. The number of rotatable bonds is 11. The fraction of sp³-hybridized carbons (Fsp3) is 0.393. The molecule has 0 bridgehead atoms. The Labute approximate surface area is 244 Å². The number of pyridine rings is 1. The van der Waals surface area contributed by atoms with Crippen LogP contribution in [-0.4, -0.2) is 69.3 Å². The number of primary amides is 1. The number of alkyl halides is 3. The summed E-state index contributed by atoms with van der Waals surface area (Å²) in [5.74, 6) is -2.77. The number of carboxylic acids is 2. The number of benzene rings is 1. The van der Waals surface area contributed by atoms with Gasteiger partial charge in [0.15, 0.2) is 0 Å². The maximum absolute atomic E-state index is 11.7. The van der Waals surface area contributed by atoms with Crippen LogP contribution in [0.2, 0.25) is 0 Å². The van der Waals surface area contributed by atoms with E-state index in [1.54, 1.807) is 36.0 Å². The molecule has 0 fully saturated rings. The number of fused-ring (bicyclic) bond motifs is 1. The summed E-state index contributed by atoms with van der Waals surface area (Å²) in [4.78, 5) is 36.9. The Kier molecular flexibility index (Phi) is 10.9. The van der Waals surface area contributed by atoms with Crippen LogP contribution in [0.25, 0.3) is 0 Å². The molecule has 1 amide bonds. The summed E-state index contributed by atoms with van der Waals surface area (Å²) in [6.07, 6.45) is -2.11. The number of hydrogen-bond acceptors (Lipinski definition) is 8. The van der Waals surface area contributed by atoms with Crippen LogP contribution in [0.5, 0.6) is 11.6 Å². The Bertz CT molecular complexity index is 1460. The number of nitrogens with zero attached hydrogens (tertiary/aromatic N) is 3. The number of carbonyl (C=O) groups is 3. The molecule has 0 saturated heterocycles. The third-order valence-electron chi connectivity index (χ3n) is 6.52. The lowest BCUT2D eigenvalue weighted by molar-refractivity contribution is -0.192. The quantitative estimate of drug-likeness (QED) is 0.253. The van der Waals surface area contributed by atoms with E-state index in [9.17, 15) is 27.9 Å². The molecule has 0 saturated carbocycles. The summed E-state index contributed by atoms with van der Waals surface area (Å²) in [5.41, 5.74) is 9.19. The minimum atomic E-state index is -5.08. The van der Waals surface area contributed by atoms with Crippen LogP contribution in [0.4, 0.5) is 19.0 Å². The highest BCUT2D eigenvalue weighted by Crippen LogP contribution is 2.33. The monoisotopic (exact) mass is 607 g/mol. The maximum atomic E-state index is 11.7. The topological polar surface area (TPSA) is 179 Å². The van der Waals surface area contributed by atoms with Gasteiger partial charge in [0.2, 0.25) is 11.8 Å². The van der Waals surface area contributed by atoms with Gasteiger partial charge in [-0.2, -0.15) is 18.3 Å². The van der Waals surface area contributed by atoms with Gasteiger partial charge in [0.05, 0.1) is 25.8 Å². The van der Waals surface area contributed by atoms with Crippen LogP contribution in [-0.2, 0) is 35.9 Å². The van der Waals surface area contributed by atoms with E-state index in [0.717, 1.165) is 30.9 Å². The number of nitrogens with two attached hydrogens (primary N) is 1. The first-order valence-electron chi connectivity index (χ1n) is 13.2. The fourth-order valence-corrected chi connectivity index (χ4v) is 4.47. The summed E-state index contributed by atoms with van der Waals surface area (Å²) >= 11 is 0. The lowest BCUT2D eigenvalue weighted by Crippen LogP contribution is -2.21. The Morgan fingerprint density at radius 1 is 1.14 bits per heavy atom. The van der Waals surface area contributed by atoms with Crippen LogP contribution in [0.15, 0.2) is 36.4 Å². The first-order chi connectivity index (χ1) is 20.3.